The van der Waals surface area contributed by atoms with E-state index in [0.29, 0.717) is 15.8 Å². The lowest BCUT2D eigenvalue weighted by Gasteiger charge is -2.10. The van der Waals surface area contributed by atoms with Gasteiger partial charge in [-0.2, -0.15) is 0 Å². The van der Waals surface area contributed by atoms with Crippen molar-refractivity contribution in [3.05, 3.63) is 34.7 Å². The second kappa shape index (κ2) is 6.65. The predicted molar refractivity (Wildman–Crippen MR) is 85.9 cm³/mol. The number of aliphatic carboxylic acids is 1. The molecule has 1 aliphatic heterocycles. The number of hydrogen-bond acceptors (Lipinski definition) is 5. The molecule has 0 aliphatic carbocycles. The molecule has 1 atom stereocenters. The molecule has 1 unspecified atom stereocenters. The molecule has 1 fully saturated rings. The molecule has 1 N–H and O–H groups in total. The molecule has 1 aliphatic rings. The van der Waals surface area contributed by atoms with Gasteiger partial charge in [0.15, 0.2) is 11.3 Å². The van der Waals surface area contributed by atoms with E-state index in [1.54, 1.807) is 44.4 Å². The molecular weight excluding hydrogens is 304 g/mol. The Morgan fingerprint density at radius 2 is 2.05 bits per heavy atom. The molecule has 6 nitrogen and oxygen atoms in total. The number of ether oxygens (including phenoxy) is 1. The number of nitrogens with zero attached hydrogens (tertiary/aromatic N) is 2. The molecule has 0 aromatic heterocycles. The van der Waals surface area contributed by atoms with Crippen LogP contribution in [0.1, 0.15) is 12.5 Å². The van der Waals surface area contributed by atoms with Gasteiger partial charge in [-0.1, -0.05) is 12.1 Å². The van der Waals surface area contributed by atoms with Gasteiger partial charge >= 0.3 is 5.97 Å². The van der Waals surface area contributed by atoms with Gasteiger partial charge in [-0.3, -0.25) is 14.7 Å². The zero-order valence-electron chi connectivity index (χ0n) is 12.4. The number of thioether (sulfide) groups is 1. The zero-order valence-corrected chi connectivity index (χ0v) is 13.3. The van der Waals surface area contributed by atoms with E-state index in [0.717, 1.165) is 5.56 Å². The number of carboxylic acid groups (broad SMARTS) is 1. The Bertz CT molecular complexity index is 652. The monoisotopic (exact) mass is 320 g/mol. The van der Waals surface area contributed by atoms with Gasteiger partial charge in [-0.05, 0) is 42.5 Å². The van der Waals surface area contributed by atoms with Crippen LogP contribution in [0.3, 0.4) is 0 Å². The number of likely N-dealkylation sites (N-methyl/N-ethyl adjacent to an activating group) is 1. The average Bonchev–Trinajstić information content (AvgIpc) is 2.77. The highest BCUT2D eigenvalue weighted by molar-refractivity contribution is 8.18. The van der Waals surface area contributed by atoms with E-state index in [1.807, 2.05) is 0 Å². The Morgan fingerprint density at radius 3 is 2.55 bits per heavy atom. The molecule has 0 radical (unpaired) electrons. The molecule has 0 saturated carbocycles. The van der Waals surface area contributed by atoms with Crippen LogP contribution in [-0.4, -0.2) is 47.2 Å². The topological polar surface area (TPSA) is 79.2 Å². The maximum atomic E-state index is 12.0. The number of rotatable bonds is 4. The summed E-state index contributed by atoms with van der Waals surface area (Å²) >= 11 is 1.32. The molecule has 2 rings (SSSR count). The van der Waals surface area contributed by atoms with Gasteiger partial charge in [-0.25, -0.2) is 4.79 Å². The number of aliphatic imine (C=N–C) groups is 1. The fourth-order valence-corrected chi connectivity index (χ4v) is 2.73. The van der Waals surface area contributed by atoms with E-state index in [-0.39, 0.29) is 5.91 Å². The zero-order chi connectivity index (χ0) is 16.3. The van der Waals surface area contributed by atoms with Gasteiger partial charge in [0.1, 0.15) is 5.75 Å². The Hall–Kier alpha value is -2.28. The van der Waals surface area contributed by atoms with E-state index in [4.69, 9.17) is 9.84 Å². The first-order valence-electron chi connectivity index (χ1n) is 6.56. The summed E-state index contributed by atoms with van der Waals surface area (Å²) in [5.41, 5.74) is 0.830. The summed E-state index contributed by atoms with van der Waals surface area (Å²) in [6.45, 7) is 1.47. The predicted octanol–water partition coefficient (Wildman–Crippen LogP) is 2.07. The maximum absolute atomic E-state index is 12.0. The lowest BCUT2D eigenvalue weighted by atomic mass is 10.2. The minimum absolute atomic E-state index is 0.0922. The Labute approximate surface area is 132 Å². The number of amidine groups is 1. The van der Waals surface area contributed by atoms with Gasteiger partial charge in [0.05, 0.1) is 4.91 Å². The minimum atomic E-state index is -1.02. The second-order valence-corrected chi connectivity index (χ2v) is 5.66. The number of amides is 1. The molecule has 1 heterocycles. The van der Waals surface area contributed by atoms with Gasteiger partial charge in [-0.15, -0.1) is 0 Å². The van der Waals surface area contributed by atoms with Gasteiger partial charge in [0, 0.05) is 14.1 Å². The molecule has 0 spiro atoms. The minimum Gasteiger partial charge on any atom is -0.479 e. The van der Waals surface area contributed by atoms with E-state index in [1.165, 1.54) is 23.6 Å². The van der Waals surface area contributed by atoms with Crippen molar-refractivity contribution in [1.29, 1.82) is 0 Å². The van der Waals surface area contributed by atoms with Crippen LogP contribution >= 0.6 is 11.8 Å². The van der Waals surface area contributed by atoms with Crippen molar-refractivity contribution < 1.29 is 19.4 Å². The van der Waals surface area contributed by atoms with E-state index in [2.05, 4.69) is 4.99 Å². The summed E-state index contributed by atoms with van der Waals surface area (Å²) in [4.78, 5) is 28.9. The third-order valence-electron chi connectivity index (χ3n) is 3.03. The van der Waals surface area contributed by atoms with Gasteiger partial charge in [0.2, 0.25) is 0 Å². The summed E-state index contributed by atoms with van der Waals surface area (Å²) in [7, 11) is 3.33. The first-order valence-corrected chi connectivity index (χ1v) is 7.38. The molecule has 22 heavy (non-hydrogen) atoms. The van der Waals surface area contributed by atoms with E-state index in [9.17, 15) is 9.59 Å². The lowest BCUT2D eigenvalue weighted by molar-refractivity contribution is -0.144. The third kappa shape index (κ3) is 3.48. The van der Waals surface area contributed by atoms with E-state index >= 15 is 0 Å². The highest BCUT2D eigenvalue weighted by atomic mass is 32.2. The van der Waals surface area contributed by atoms with Gasteiger partial charge in [0.25, 0.3) is 5.91 Å². The van der Waals surface area contributed by atoms with Crippen molar-refractivity contribution in [3.8, 4) is 5.75 Å². The second-order valence-electron chi connectivity index (χ2n) is 4.65. The maximum Gasteiger partial charge on any atom is 0.344 e. The van der Waals surface area contributed by atoms with Crippen LogP contribution < -0.4 is 4.74 Å². The van der Waals surface area contributed by atoms with Crippen molar-refractivity contribution in [2.24, 2.45) is 4.99 Å². The number of carbonyl (C=O) groups is 2. The number of carboxylic acids is 1. The number of hydrogen-bond donors (Lipinski definition) is 1. The Balaban J connectivity index is 2.13. The van der Waals surface area contributed by atoms with Crippen LogP contribution in [0.4, 0.5) is 0 Å². The number of carbonyl (C=O) groups excluding carboxylic acids is 1. The van der Waals surface area contributed by atoms with Crippen molar-refractivity contribution in [3.63, 3.8) is 0 Å². The summed E-state index contributed by atoms with van der Waals surface area (Å²) < 4.78 is 5.25. The van der Waals surface area contributed by atoms with Crippen molar-refractivity contribution >= 4 is 34.9 Å². The largest absolute Gasteiger partial charge is 0.479 e. The smallest absolute Gasteiger partial charge is 0.344 e. The Kier molecular flexibility index (Phi) is 4.87. The molecule has 1 aromatic rings. The van der Waals surface area contributed by atoms with Crippen LogP contribution in [-0.2, 0) is 9.59 Å². The highest BCUT2D eigenvalue weighted by Gasteiger charge is 2.29. The van der Waals surface area contributed by atoms with Crippen LogP contribution in [0.2, 0.25) is 0 Å². The third-order valence-corrected chi connectivity index (χ3v) is 4.18. The van der Waals surface area contributed by atoms with Crippen LogP contribution in [0.15, 0.2) is 34.2 Å². The summed E-state index contributed by atoms with van der Waals surface area (Å²) in [5.74, 6) is -0.644. The van der Waals surface area contributed by atoms with Crippen LogP contribution in [0.5, 0.6) is 5.75 Å². The van der Waals surface area contributed by atoms with Gasteiger partial charge < -0.3 is 9.84 Å². The lowest BCUT2D eigenvalue weighted by Crippen LogP contribution is -2.23. The molecule has 1 amide bonds. The molecular formula is C15H16N2O4S. The first kappa shape index (κ1) is 16.1. The first-order chi connectivity index (χ1) is 10.4. The fourth-order valence-electron chi connectivity index (χ4n) is 1.80. The molecule has 1 aromatic carbocycles. The van der Waals surface area contributed by atoms with Crippen molar-refractivity contribution in [2.45, 2.75) is 13.0 Å². The summed E-state index contributed by atoms with van der Waals surface area (Å²) in [5, 5.41) is 9.46. The fraction of sp³-hybridized carbons (Fsp3) is 0.267. The molecule has 0 bridgehead atoms. The van der Waals surface area contributed by atoms with Crippen molar-refractivity contribution in [2.75, 3.05) is 14.1 Å². The molecule has 1 saturated heterocycles. The Morgan fingerprint density at radius 1 is 1.41 bits per heavy atom. The summed E-state index contributed by atoms with van der Waals surface area (Å²) in [6.07, 6.45) is 0.861. The van der Waals surface area contributed by atoms with Crippen LogP contribution in [0, 0.1) is 0 Å². The highest BCUT2D eigenvalue weighted by Crippen LogP contribution is 2.31. The molecule has 7 heteroatoms. The molecule has 116 valence electrons. The SMILES string of the molecule is CN=C1S/C(=C\c2ccc(OC(C)C(=O)O)cc2)C(=O)N1C. The van der Waals surface area contributed by atoms with Crippen molar-refractivity contribution in [1.82, 2.24) is 4.90 Å². The summed E-state index contributed by atoms with van der Waals surface area (Å²) in [6, 6.07) is 6.89. The van der Waals surface area contributed by atoms with E-state index < -0.39 is 12.1 Å². The quantitative estimate of drug-likeness (QED) is 0.859. The standard InChI is InChI=1S/C15H16N2O4S/c1-9(14(19)20)21-11-6-4-10(5-7-11)8-12-13(18)17(3)15(16-2)22-12/h4-9H,1-3H3,(H,19,20)/b12-8-,16-15?. The number of benzene rings is 1. The average molecular weight is 320 g/mol. The van der Waals surface area contributed by atoms with Crippen LogP contribution in [0.25, 0.3) is 6.08 Å². The normalized spacial score (nSPS) is 19.8.